The van der Waals surface area contributed by atoms with Gasteiger partial charge in [-0.3, -0.25) is 0 Å². The molecule has 0 heterocycles. The number of hydrogen-bond acceptors (Lipinski definition) is 1. The highest BCUT2D eigenvalue weighted by atomic mass is 19.4. The first kappa shape index (κ1) is 14.4. The molecule has 1 nitrogen and oxygen atoms in total. The maximum absolute atomic E-state index is 12.5. The first-order chi connectivity index (χ1) is 8.85. The van der Waals surface area contributed by atoms with Gasteiger partial charge in [0.1, 0.15) is 0 Å². The Kier molecular flexibility index (Phi) is 3.90. The van der Waals surface area contributed by atoms with Gasteiger partial charge in [-0.25, -0.2) is 0 Å². The molecule has 106 valence electrons. The maximum atomic E-state index is 12.5. The number of hydrogen-bond donors (Lipinski definition) is 1. The molecule has 2 unspecified atom stereocenters. The van der Waals surface area contributed by atoms with Gasteiger partial charge in [0.05, 0.1) is 5.56 Å². The van der Waals surface area contributed by atoms with Crippen LogP contribution in [0, 0.1) is 11.3 Å². The van der Waals surface area contributed by atoms with Gasteiger partial charge in [-0.1, -0.05) is 25.5 Å². The van der Waals surface area contributed by atoms with E-state index in [2.05, 4.69) is 6.92 Å². The second-order valence-corrected chi connectivity index (χ2v) is 5.92. The van der Waals surface area contributed by atoms with Crippen molar-refractivity contribution in [3.05, 3.63) is 35.4 Å². The first-order valence-corrected chi connectivity index (χ1v) is 6.71. The van der Waals surface area contributed by atoms with E-state index in [1.54, 1.807) is 12.1 Å². The van der Waals surface area contributed by atoms with Gasteiger partial charge in [0.2, 0.25) is 0 Å². The largest absolute Gasteiger partial charge is 0.416 e. The van der Waals surface area contributed by atoms with Crippen molar-refractivity contribution in [2.45, 2.75) is 38.8 Å². The van der Waals surface area contributed by atoms with Crippen LogP contribution in [0.25, 0.3) is 0 Å². The van der Waals surface area contributed by atoms with Crippen molar-refractivity contribution in [3.63, 3.8) is 0 Å². The number of rotatable bonds is 3. The van der Waals surface area contributed by atoms with Crippen LogP contribution in [0.3, 0.4) is 0 Å². The van der Waals surface area contributed by atoms with E-state index in [0.29, 0.717) is 12.5 Å². The number of benzene rings is 1. The Balaban J connectivity index is 2.11. The zero-order chi connectivity index (χ0) is 14.1. The first-order valence-electron chi connectivity index (χ1n) is 6.71. The van der Waals surface area contributed by atoms with Crippen molar-refractivity contribution in [1.82, 2.24) is 0 Å². The second kappa shape index (κ2) is 5.16. The van der Waals surface area contributed by atoms with Crippen LogP contribution < -0.4 is 5.73 Å². The minimum absolute atomic E-state index is 0.0825. The van der Waals surface area contributed by atoms with E-state index in [1.165, 1.54) is 0 Å². The maximum Gasteiger partial charge on any atom is 0.416 e. The van der Waals surface area contributed by atoms with Crippen LogP contribution in [0.5, 0.6) is 0 Å². The highest BCUT2D eigenvalue weighted by Gasteiger charge is 2.36. The Morgan fingerprint density at radius 1 is 1.26 bits per heavy atom. The van der Waals surface area contributed by atoms with E-state index in [-0.39, 0.29) is 5.41 Å². The third kappa shape index (κ3) is 3.30. The minimum Gasteiger partial charge on any atom is -0.330 e. The van der Waals surface area contributed by atoms with Gasteiger partial charge < -0.3 is 5.73 Å². The quantitative estimate of drug-likeness (QED) is 0.883. The lowest BCUT2D eigenvalue weighted by Gasteiger charge is -2.28. The average Bonchev–Trinajstić information content (AvgIpc) is 2.71. The molecule has 1 aliphatic carbocycles. The predicted molar refractivity (Wildman–Crippen MR) is 69.7 cm³/mol. The van der Waals surface area contributed by atoms with Gasteiger partial charge in [0.15, 0.2) is 0 Å². The SMILES string of the molecule is CC1CCC(CN)(Cc2ccc(C(F)(F)F)cc2)C1. The lowest BCUT2D eigenvalue weighted by atomic mass is 9.79. The van der Waals surface area contributed by atoms with Gasteiger partial charge in [-0.05, 0) is 54.8 Å². The molecule has 0 saturated heterocycles. The molecule has 0 aliphatic heterocycles. The normalized spacial score (nSPS) is 27.7. The van der Waals surface area contributed by atoms with E-state index in [0.717, 1.165) is 43.4 Å². The van der Waals surface area contributed by atoms with Gasteiger partial charge >= 0.3 is 6.18 Å². The van der Waals surface area contributed by atoms with E-state index in [9.17, 15) is 13.2 Å². The summed E-state index contributed by atoms with van der Waals surface area (Å²) in [6.07, 6.45) is -0.161. The fourth-order valence-corrected chi connectivity index (χ4v) is 3.16. The predicted octanol–water partition coefficient (Wildman–Crippen LogP) is 4.01. The topological polar surface area (TPSA) is 26.0 Å². The van der Waals surface area contributed by atoms with Crippen LogP contribution in [-0.2, 0) is 12.6 Å². The molecule has 1 aromatic rings. The highest BCUT2D eigenvalue weighted by molar-refractivity contribution is 5.25. The van der Waals surface area contributed by atoms with E-state index >= 15 is 0 Å². The van der Waals surface area contributed by atoms with Crippen molar-refractivity contribution in [2.24, 2.45) is 17.1 Å². The standard InChI is InChI=1S/C15H20F3N/c1-11-6-7-14(8-11,10-19)9-12-2-4-13(5-3-12)15(16,17)18/h2-5,11H,6-10,19H2,1H3. The zero-order valence-electron chi connectivity index (χ0n) is 11.1. The molecule has 1 saturated carbocycles. The van der Waals surface area contributed by atoms with Crippen LogP contribution in [0.1, 0.15) is 37.3 Å². The fourth-order valence-electron chi connectivity index (χ4n) is 3.16. The minimum atomic E-state index is -4.26. The molecular weight excluding hydrogens is 251 g/mol. The summed E-state index contributed by atoms with van der Waals surface area (Å²) in [5.41, 5.74) is 6.35. The summed E-state index contributed by atoms with van der Waals surface area (Å²) in [6, 6.07) is 5.50. The number of halogens is 3. The molecule has 2 N–H and O–H groups in total. The van der Waals surface area contributed by atoms with Gasteiger partial charge in [-0.2, -0.15) is 13.2 Å². The zero-order valence-corrected chi connectivity index (χ0v) is 11.1. The molecule has 2 atom stereocenters. The molecule has 19 heavy (non-hydrogen) atoms. The monoisotopic (exact) mass is 271 g/mol. The summed E-state index contributed by atoms with van der Waals surface area (Å²) in [5.74, 6) is 0.665. The van der Waals surface area contributed by atoms with Crippen LogP contribution in [-0.4, -0.2) is 6.54 Å². The van der Waals surface area contributed by atoms with Crippen molar-refractivity contribution in [1.29, 1.82) is 0 Å². The van der Waals surface area contributed by atoms with Crippen molar-refractivity contribution >= 4 is 0 Å². The molecule has 4 heteroatoms. The van der Waals surface area contributed by atoms with Crippen molar-refractivity contribution in [2.75, 3.05) is 6.54 Å². The van der Waals surface area contributed by atoms with E-state index in [4.69, 9.17) is 5.73 Å². The third-order valence-corrected chi connectivity index (χ3v) is 4.24. The highest BCUT2D eigenvalue weighted by Crippen LogP contribution is 2.43. The molecular formula is C15H20F3N. The Bertz CT molecular complexity index is 424. The second-order valence-electron chi connectivity index (χ2n) is 5.92. The summed E-state index contributed by atoms with van der Waals surface area (Å²) in [4.78, 5) is 0. The Labute approximate surface area is 112 Å². The molecule has 0 radical (unpaired) electrons. The Hall–Kier alpha value is -1.03. The van der Waals surface area contributed by atoms with Crippen molar-refractivity contribution in [3.8, 4) is 0 Å². The molecule has 0 bridgehead atoms. The molecule has 0 amide bonds. The van der Waals surface area contributed by atoms with Crippen LogP contribution >= 0.6 is 0 Å². The summed E-state index contributed by atoms with van der Waals surface area (Å²) in [5, 5.41) is 0. The van der Waals surface area contributed by atoms with Crippen LogP contribution in [0.2, 0.25) is 0 Å². The Morgan fingerprint density at radius 3 is 2.32 bits per heavy atom. The molecule has 0 spiro atoms. The summed E-state index contributed by atoms with van der Waals surface area (Å²) >= 11 is 0. The lowest BCUT2D eigenvalue weighted by Crippen LogP contribution is -2.30. The van der Waals surface area contributed by atoms with Gasteiger partial charge in [0, 0.05) is 0 Å². The number of nitrogens with two attached hydrogens (primary N) is 1. The molecule has 0 aromatic heterocycles. The lowest BCUT2D eigenvalue weighted by molar-refractivity contribution is -0.137. The molecule has 1 fully saturated rings. The molecule has 1 aromatic carbocycles. The third-order valence-electron chi connectivity index (χ3n) is 4.24. The average molecular weight is 271 g/mol. The van der Waals surface area contributed by atoms with Crippen LogP contribution in [0.4, 0.5) is 13.2 Å². The summed E-state index contributed by atoms with van der Waals surface area (Å²) in [6.45, 7) is 2.82. The summed E-state index contributed by atoms with van der Waals surface area (Å²) in [7, 11) is 0. The van der Waals surface area contributed by atoms with Gasteiger partial charge in [-0.15, -0.1) is 0 Å². The smallest absolute Gasteiger partial charge is 0.330 e. The summed E-state index contributed by atoms with van der Waals surface area (Å²) < 4.78 is 37.5. The van der Waals surface area contributed by atoms with Gasteiger partial charge in [0.25, 0.3) is 0 Å². The Morgan fingerprint density at radius 2 is 1.89 bits per heavy atom. The fraction of sp³-hybridized carbons (Fsp3) is 0.600. The molecule has 2 rings (SSSR count). The number of alkyl halides is 3. The van der Waals surface area contributed by atoms with Crippen LogP contribution in [0.15, 0.2) is 24.3 Å². The molecule has 1 aliphatic rings. The van der Waals surface area contributed by atoms with E-state index in [1.807, 2.05) is 0 Å². The van der Waals surface area contributed by atoms with Crippen molar-refractivity contribution < 1.29 is 13.2 Å². The van der Waals surface area contributed by atoms with E-state index < -0.39 is 11.7 Å².